The molecule has 1 aromatic carbocycles. The summed E-state index contributed by atoms with van der Waals surface area (Å²) in [6, 6.07) is 9.99. The van der Waals surface area contributed by atoms with Crippen molar-refractivity contribution in [3.8, 4) is 0 Å². The van der Waals surface area contributed by atoms with Gasteiger partial charge >= 0.3 is 5.97 Å². The molecule has 1 heterocycles. The summed E-state index contributed by atoms with van der Waals surface area (Å²) < 4.78 is 4.92. The first kappa shape index (κ1) is 13.6. The van der Waals surface area contributed by atoms with E-state index < -0.39 is 0 Å². The van der Waals surface area contributed by atoms with Gasteiger partial charge < -0.3 is 10.1 Å². The molecule has 1 amide bonds. The highest BCUT2D eigenvalue weighted by molar-refractivity contribution is 5.80. The molecule has 0 aliphatic carbocycles. The van der Waals surface area contributed by atoms with E-state index in [-0.39, 0.29) is 23.8 Å². The van der Waals surface area contributed by atoms with E-state index in [0.717, 1.165) is 5.56 Å². The number of hydrogen-bond donors (Lipinski definition) is 1. The van der Waals surface area contributed by atoms with Crippen LogP contribution in [0.3, 0.4) is 0 Å². The monoisotopic (exact) mass is 261 g/mol. The van der Waals surface area contributed by atoms with Crippen molar-refractivity contribution >= 4 is 11.9 Å². The molecule has 2 unspecified atom stereocenters. The number of carbonyl (C=O) groups is 2. The van der Waals surface area contributed by atoms with Crippen molar-refractivity contribution in [2.45, 2.75) is 38.1 Å². The predicted octanol–water partition coefficient (Wildman–Crippen LogP) is 2.00. The number of amides is 1. The highest BCUT2D eigenvalue weighted by Crippen LogP contribution is 2.30. The third-order valence-electron chi connectivity index (χ3n) is 3.43. The molecule has 19 heavy (non-hydrogen) atoms. The zero-order chi connectivity index (χ0) is 13.7. The standard InChI is InChI=1S/C15H19NO3/c1-2-19-15(18)9-8-13-12(10-14(17)16-13)11-6-4-3-5-7-11/h3-7,12-13H,2,8-10H2,1H3,(H,16,17). The summed E-state index contributed by atoms with van der Waals surface area (Å²) in [6.45, 7) is 2.19. The van der Waals surface area contributed by atoms with Gasteiger partial charge in [0.15, 0.2) is 0 Å². The highest BCUT2D eigenvalue weighted by Gasteiger charge is 2.33. The van der Waals surface area contributed by atoms with Crippen LogP contribution in [-0.4, -0.2) is 24.5 Å². The second-order valence-corrected chi connectivity index (χ2v) is 4.74. The lowest BCUT2D eigenvalue weighted by Gasteiger charge is -2.18. The Kier molecular flexibility index (Phi) is 4.55. The maximum Gasteiger partial charge on any atom is 0.305 e. The van der Waals surface area contributed by atoms with Gasteiger partial charge in [0.2, 0.25) is 5.91 Å². The second-order valence-electron chi connectivity index (χ2n) is 4.74. The molecule has 1 N–H and O–H groups in total. The zero-order valence-electron chi connectivity index (χ0n) is 11.1. The van der Waals surface area contributed by atoms with Gasteiger partial charge in [-0.25, -0.2) is 0 Å². The number of esters is 1. The molecule has 4 heteroatoms. The Balaban J connectivity index is 1.98. The lowest BCUT2D eigenvalue weighted by atomic mass is 9.89. The van der Waals surface area contributed by atoms with E-state index in [1.807, 2.05) is 30.3 Å². The third kappa shape index (κ3) is 3.56. The van der Waals surface area contributed by atoms with Gasteiger partial charge in [-0.3, -0.25) is 9.59 Å². The molecule has 2 rings (SSSR count). The van der Waals surface area contributed by atoms with Gasteiger partial charge in [-0.15, -0.1) is 0 Å². The van der Waals surface area contributed by atoms with Gasteiger partial charge in [-0.05, 0) is 18.9 Å². The average Bonchev–Trinajstić information content (AvgIpc) is 2.79. The van der Waals surface area contributed by atoms with Crippen LogP contribution in [0, 0.1) is 0 Å². The van der Waals surface area contributed by atoms with Crippen molar-refractivity contribution in [2.24, 2.45) is 0 Å². The van der Waals surface area contributed by atoms with Crippen molar-refractivity contribution < 1.29 is 14.3 Å². The SMILES string of the molecule is CCOC(=O)CCC1NC(=O)CC1c1ccccc1. The predicted molar refractivity (Wildman–Crippen MR) is 71.6 cm³/mol. The minimum Gasteiger partial charge on any atom is -0.466 e. The van der Waals surface area contributed by atoms with Gasteiger partial charge in [0.25, 0.3) is 0 Å². The Morgan fingerprint density at radius 2 is 2.11 bits per heavy atom. The fourth-order valence-electron chi connectivity index (χ4n) is 2.54. The van der Waals surface area contributed by atoms with Crippen LogP contribution in [0.1, 0.15) is 37.7 Å². The number of ether oxygens (including phenoxy) is 1. The van der Waals surface area contributed by atoms with E-state index in [4.69, 9.17) is 4.74 Å². The van der Waals surface area contributed by atoms with Gasteiger partial charge in [0, 0.05) is 24.8 Å². The van der Waals surface area contributed by atoms with Gasteiger partial charge in [0.05, 0.1) is 6.61 Å². The van der Waals surface area contributed by atoms with Crippen LogP contribution in [0.4, 0.5) is 0 Å². The first-order valence-electron chi connectivity index (χ1n) is 6.70. The van der Waals surface area contributed by atoms with Crippen molar-refractivity contribution in [2.75, 3.05) is 6.61 Å². The first-order valence-corrected chi connectivity index (χ1v) is 6.70. The molecule has 1 aliphatic heterocycles. The quantitative estimate of drug-likeness (QED) is 0.825. The molecule has 2 atom stereocenters. The first-order chi connectivity index (χ1) is 9.20. The molecule has 0 saturated carbocycles. The Morgan fingerprint density at radius 3 is 2.79 bits per heavy atom. The molecule has 0 aromatic heterocycles. The molecule has 4 nitrogen and oxygen atoms in total. The molecule has 0 radical (unpaired) electrons. The average molecular weight is 261 g/mol. The van der Waals surface area contributed by atoms with E-state index in [1.54, 1.807) is 6.92 Å². The van der Waals surface area contributed by atoms with E-state index in [2.05, 4.69) is 5.32 Å². The fraction of sp³-hybridized carbons (Fsp3) is 0.467. The number of hydrogen-bond acceptors (Lipinski definition) is 3. The Morgan fingerprint density at radius 1 is 1.37 bits per heavy atom. The molecule has 0 spiro atoms. The lowest BCUT2D eigenvalue weighted by Crippen LogP contribution is -2.29. The molecular formula is C15H19NO3. The molecule has 102 valence electrons. The van der Waals surface area contributed by atoms with Crippen molar-refractivity contribution in [3.63, 3.8) is 0 Å². The van der Waals surface area contributed by atoms with Crippen LogP contribution in [0.25, 0.3) is 0 Å². The molecular weight excluding hydrogens is 242 g/mol. The smallest absolute Gasteiger partial charge is 0.305 e. The molecule has 1 fully saturated rings. The number of nitrogens with one attached hydrogen (secondary N) is 1. The lowest BCUT2D eigenvalue weighted by molar-refractivity contribution is -0.143. The fourth-order valence-corrected chi connectivity index (χ4v) is 2.54. The normalized spacial score (nSPS) is 22.1. The topological polar surface area (TPSA) is 55.4 Å². The maximum atomic E-state index is 11.6. The van der Waals surface area contributed by atoms with Crippen molar-refractivity contribution in [1.29, 1.82) is 0 Å². The highest BCUT2D eigenvalue weighted by atomic mass is 16.5. The van der Waals surface area contributed by atoms with Crippen LogP contribution < -0.4 is 5.32 Å². The van der Waals surface area contributed by atoms with Crippen LogP contribution in [0.2, 0.25) is 0 Å². The molecule has 0 bridgehead atoms. The summed E-state index contributed by atoms with van der Waals surface area (Å²) in [5.74, 6) is 0.0151. The van der Waals surface area contributed by atoms with E-state index in [9.17, 15) is 9.59 Å². The van der Waals surface area contributed by atoms with E-state index >= 15 is 0 Å². The van der Waals surface area contributed by atoms with E-state index in [0.29, 0.717) is 25.9 Å². The van der Waals surface area contributed by atoms with Crippen molar-refractivity contribution in [1.82, 2.24) is 5.32 Å². The zero-order valence-corrected chi connectivity index (χ0v) is 11.1. The van der Waals surface area contributed by atoms with Crippen molar-refractivity contribution in [3.05, 3.63) is 35.9 Å². The Hall–Kier alpha value is -1.84. The molecule has 1 aromatic rings. The van der Waals surface area contributed by atoms with Crippen LogP contribution in [-0.2, 0) is 14.3 Å². The molecule has 1 saturated heterocycles. The van der Waals surface area contributed by atoms with Crippen LogP contribution in [0.15, 0.2) is 30.3 Å². The van der Waals surface area contributed by atoms with Crippen LogP contribution in [0.5, 0.6) is 0 Å². The minimum atomic E-state index is -0.199. The number of carbonyl (C=O) groups excluding carboxylic acids is 2. The minimum absolute atomic E-state index is 0.0271. The Labute approximate surface area is 113 Å². The van der Waals surface area contributed by atoms with E-state index in [1.165, 1.54) is 0 Å². The summed E-state index contributed by atoms with van der Waals surface area (Å²) in [7, 11) is 0. The summed E-state index contributed by atoms with van der Waals surface area (Å²) in [5.41, 5.74) is 1.15. The largest absolute Gasteiger partial charge is 0.466 e. The summed E-state index contributed by atoms with van der Waals surface area (Å²) >= 11 is 0. The summed E-state index contributed by atoms with van der Waals surface area (Å²) in [5, 5.41) is 2.95. The molecule has 1 aliphatic rings. The van der Waals surface area contributed by atoms with Gasteiger partial charge in [-0.2, -0.15) is 0 Å². The Bertz CT molecular complexity index is 444. The number of rotatable bonds is 5. The summed E-state index contributed by atoms with van der Waals surface area (Å²) in [4.78, 5) is 23.0. The van der Waals surface area contributed by atoms with Crippen LogP contribution >= 0.6 is 0 Å². The second kappa shape index (κ2) is 6.36. The van der Waals surface area contributed by atoms with Gasteiger partial charge in [-0.1, -0.05) is 30.3 Å². The maximum absolute atomic E-state index is 11.6. The van der Waals surface area contributed by atoms with Gasteiger partial charge in [0.1, 0.15) is 0 Å². The summed E-state index contributed by atoms with van der Waals surface area (Å²) in [6.07, 6.45) is 1.48. The third-order valence-corrected chi connectivity index (χ3v) is 3.43. The number of benzene rings is 1.